The van der Waals surface area contributed by atoms with Crippen LogP contribution in [0, 0.1) is 0 Å². The highest BCUT2D eigenvalue weighted by Gasteiger charge is 2.42. The molecule has 0 atom stereocenters. The van der Waals surface area contributed by atoms with E-state index in [9.17, 15) is 0 Å². The van der Waals surface area contributed by atoms with E-state index in [0.717, 1.165) is 5.56 Å². The average molecular weight is 218 g/mol. The molecule has 0 aromatic heterocycles. The molecule has 1 fully saturated rings. The molecular weight excluding hydrogens is 200 g/mol. The van der Waals surface area contributed by atoms with E-state index in [0.29, 0.717) is 13.2 Å². The third-order valence-electron chi connectivity index (χ3n) is 2.80. The Hall–Kier alpha value is -1.12. The fourth-order valence-corrected chi connectivity index (χ4v) is 1.96. The third-order valence-corrected chi connectivity index (χ3v) is 2.80. The molecule has 2 heteroatoms. The molecule has 0 spiro atoms. The minimum atomic E-state index is -0.228. The summed E-state index contributed by atoms with van der Waals surface area (Å²) in [7, 11) is 0. The minimum absolute atomic E-state index is 0.211. The van der Waals surface area contributed by atoms with Crippen molar-refractivity contribution in [2.24, 2.45) is 0 Å². The van der Waals surface area contributed by atoms with Gasteiger partial charge in [-0.1, -0.05) is 36.9 Å². The van der Waals surface area contributed by atoms with Gasteiger partial charge in [0.15, 0.2) is 0 Å². The number of ether oxygens (including phenoxy) is 2. The van der Waals surface area contributed by atoms with Crippen LogP contribution in [0.2, 0.25) is 0 Å². The average Bonchev–Trinajstić information content (AvgIpc) is 2.23. The zero-order chi connectivity index (χ0) is 11.6. The molecule has 0 amide bonds. The Bertz CT molecular complexity index is 361. The predicted molar refractivity (Wildman–Crippen MR) is 65.3 cm³/mol. The van der Waals surface area contributed by atoms with E-state index >= 15 is 0 Å². The van der Waals surface area contributed by atoms with Gasteiger partial charge in [0.2, 0.25) is 0 Å². The first-order valence-electron chi connectivity index (χ1n) is 5.65. The van der Waals surface area contributed by atoms with Crippen molar-refractivity contribution in [3.8, 4) is 0 Å². The van der Waals surface area contributed by atoms with E-state index in [1.165, 1.54) is 5.56 Å². The van der Waals surface area contributed by atoms with Crippen LogP contribution in [0.4, 0.5) is 0 Å². The van der Waals surface area contributed by atoms with Crippen LogP contribution in [-0.2, 0) is 15.1 Å². The highest BCUT2D eigenvalue weighted by molar-refractivity contribution is 5.48. The summed E-state index contributed by atoms with van der Waals surface area (Å²) < 4.78 is 11.3. The highest BCUT2D eigenvalue weighted by Crippen LogP contribution is 2.35. The van der Waals surface area contributed by atoms with E-state index in [4.69, 9.17) is 9.47 Å². The normalized spacial score (nSPS) is 18.2. The lowest BCUT2D eigenvalue weighted by atomic mass is 9.91. The molecule has 2 nitrogen and oxygen atoms in total. The molecule has 0 saturated carbocycles. The summed E-state index contributed by atoms with van der Waals surface area (Å²) in [6.07, 6.45) is 2.06. The Morgan fingerprint density at radius 1 is 1.31 bits per heavy atom. The van der Waals surface area contributed by atoms with Crippen LogP contribution in [0.5, 0.6) is 0 Å². The van der Waals surface area contributed by atoms with Gasteiger partial charge in [-0.15, -0.1) is 0 Å². The Morgan fingerprint density at radius 3 is 2.31 bits per heavy atom. The van der Waals surface area contributed by atoms with E-state index in [-0.39, 0.29) is 11.7 Å². The summed E-state index contributed by atoms with van der Waals surface area (Å²) in [4.78, 5) is 0. The maximum atomic E-state index is 5.98. The quantitative estimate of drug-likeness (QED) is 0.773. The second kappa shape index (κ2) is 4.40. The number of rotatable bonds is 4. The maximum Gasteiger partial charge on any atom is 0.140 e. The fraction of sp³-hybridized carbons (Fsp3) is 0.429. The molecule has 1 saturated heterocycles. The van der Waals surface area contributed by atoms with E-state index in [1.54, 1.807) is 0 Å². The van der Waals surface area contributed by atoms with Crippen molar-refractivity contribution in [3.05, 3.63) is 42.0 Å². The largest absolute Gasteiger partial charge is 0.375 e. The van der Waals surface area contributed by atoms with Crippen LogP contribution >= 0.6 is 0 Å². The van der Waals surface area contributed by atoms with Gasteiger partial charge >= 0.3 is 0 Å². The molecule has 1 heterocycles. The smallest absolute Gasteiger partial charge is 0.140 e. The second-order valence-electron chi connectivity index (χ2n) is 4.48. The van der Waals surface area contributed by atoms with Crippen LogP contribution in [-0.4, -0.2) is 19.3 Å². The first-order chi connectivity index (χ1) is 7.66. The maximum absolute atomic E-state index is 5.98. The van der Waals surface area contributed by atoms with E-state index in [1.807, 2.05) is 6.08 Å². The van der Waals surface area contributed by atoms with Crippen LogP contribution in [0.15, 0.2) is 30.8 Å². The van der Waals surface area contributed by atoms with Gasteiger partial charge in [-0.2, -0.15) is 0 Å². The molecule has 2 rings (SSSR count). The van der Waals surface area contributed by atoms with Crippen LogP contribution in [0.3, 0.4) is 0 Å². The highest BCUT2D eigenvalue weighted by atomic mass is 16.6. The Kier molecular flexibility index (Phi) is 3.13. The lowest BCUT2D eigenvalue weighted by Gasteiger charge is -2.42. The SMILES string of the molecule is C=Cc1ccc(C2(OC(C)C)COC2)cc1. The zero-order valence-electron chi connectivity index (χ0n) is 9.90. The van der Waals surface area contributed by atoms with Crippen LogP contribution in [0.1, 0.15) is 25.0 Å². The first-order valence-corrected chi connectivity index (χ1v) is 5.65. The third kappa shape index (κ3) is 2.04. The topological polar surface area (TPSA) is 18.5 Å². The standard InChI is InChI=1S/C14H18O2/c1-4-12-5-7-13(8-6-12)14(9-15-10-14)16-11(2)3/h4-8,11H,1,9-10H2,2-3H3. The fourth-order valence-electron chi connectivity index (χ4n) is 1.96. The Labute approximate surface area is 96.9 Å². The Balaban J connectivity index is 2.22. The van der Waals surface area contributed by atoms with Gasteiger partial charge in [0.05, 0.1) is 19.3 Å². The van der Waals surface area contributed by atoms with Gasteiger partial charge in [-0.3, -0.25) is 0 Å². The van der Waals surface area contributed by atoms with Crippen molar-refractivity contribution in [1.82, 2.24) is 0 Å². The first kappa shape index (κ1) is 11.4. The van der Waals surface area contributed by atoms with Crippen molar-refractivity contribution in [2.45, 2.75) is 25.6 Å². The molecule has 1 aromatic carbocycles. The molecule has 0 bridgehead atoms. The second-order valence-corrected chi connectivity index (χ2v) is 4.48. The summed E-state index contributed by atoms with van der Waals surface area (Å²) >= 11 is 0. The molecule has 86 valence electrons. The van der Waals surface area contributed by atoms with Crippen molar-refractivity contribution in [3.63, 3.8) is 0 Å². The van der Waals surface area contributed by atoms with E-state index in [2.05, 4.69) is 44.7 Å². The van der Waals surface area contributed by atoms with Gasteiger partial charge in [0, 0.05) is 0 Å². The van der Waals surface area contributed by atoms with Crippen molar-refractivity contribution in [1.29, 1.82) is 0 Å². The van der Waals surface area contributed by atoms with Crippen LogP contribution < -0.4 is 0 Å². The summed E-state index contributed by atoms with van der Waals surface area (Å²) in [5.41, 5.74) is 2.09. The summed E-state index contributed by atoms with van der Waals surface area (Å²) in [5.74, 6) is 0. The molecule has 1 aromatic rings. The summed E-state index contributed by atoms with van der Waals surface area (Å²) in [5, 5.41) is 0. The van der Waals surface area contributed by atoms with Gasteiger partial charge in [-0.25, -0.2) is 0 Å². The molecule has 0 unspecified atom stereocenters. The van der Waals surface area contributed by atoms with Gasteiger partial charge < -0.3 is 9.47 Å². The van der Waals surface area contributed by atoms with Crippen molar-refractivity contribution >= 4 is 6.08 Å². The molecular formula is C14H18O2. The molecule has 0 aliphatic carbocycles. The molecule has 0 N–H and O–H groups in total. The zero-order valence-corrected chi connectivity index (χ0v) is 9.90. The summed E-state index contributed by atoms with van der Waals surface area (Å²) in [6.45, 7) is 9.16. The predicted octanol–water partition coefficient (Wildman–Crippen LogP) is 2.98. The number of benzene rings is 1. The molecule has 1 aliphatic heterocycles. The number of hydrogen-bond acceptors (Lipinski definition) is 2. The van der Waals surface area contributed by atoms with Crippen LogP contribution in [0.25, 0.3) is 6.08 Å². The van der Waals surface area contributed by atoms with Gasteiger partial charge in [0.25, 0.3) is 0 Å². The van der Waals surface area contributed by atoms with Gasteiger partial charge in [0.1, 0.15) is 5.60 Å². The monoisotopic (exact) mass is 218 g/mol. The van der Waals surface area contributed by atoms with Crippen molar-refractivity contribution < 1.29 is 9.47 Å². The lowest BCUT2D eigenvalue weighted by molar-refractivity contribution is -0.232. The van der Waals surface area contributed by atoms with Crippen molar-refractivity contribution in [2.75, 3.05) is 13.2 Å². The minimum Gasteiger partial charge on any atom is -0.375 e. The summed E-state index contributed by atoms with van der Waals surface area (Å²) in [6, 6.07) is 8.32. The molecule has 16 heavy (non-hydrogen) atoms. The van der Waals surface area contributed by atoms with E-state index < -0.39 is 0 Å². The van der Waals surface area contributed by atoms with Gasteiger partial charge in [-0.05, 0) is 25.0 Å². The number of hydrogen-bond donors (Lipinski definition) is 0. The lowest BCUT2D eigenvalue weighted by Crippen LogP contribution is -2.50. The molecule has 0 radical (unpaired) electrons. The molecule has 1 aliphatic rings. The Morgan fingerprint density at radius 2 is 1.94 bits per heavy atom.